The zero-order valence-corrected chi connectivity index (χ0v) is 12.3. The summed E-state index contributed by atoms with van der Waals surface area (Å²) in [5.41, 5.74) is -2.64. The van der Waals surface area contributed by atoms with E-state index in [0.717, 1.165) is 36.4 Å². The number of hydrogen-bond acceptors (Lipinski definition) is 2. The summed E-state index contributed by atoms with van der Waals surface area (Å²) in [4.78, 5) is 0. The summed E-state index contributed by atoms with van der Waals surface area (Å²) in [6.07, 6.45) is -9.82. The second kappa shape index (κ2) is 5.49. The maximum absolute atomic E-state index is 12.6. The van der Waals surface area contributed by atoms with E-state index in [-0.39, 0.29) is 5.56 Å². The van der Waals surface area contributed by atoms with Crippen molar-refractivity contribution in [1.29, 1.82) is 5.26 Å². The van der Waals surface area contributed by atoms with Crippen molar-refractivity contribution in [3.05, 3.63) is 70.8 Å². The molecule has 0 saturated carbocycles. The standard InChI is InChI=1S/C17H9F6NO/c18-16(19,20)12-3-1-10(2-4-12)14-15(9-24,25-14)11-5-7-13(8-6-11)17(21,22)23/h1-8,14H. The Morgan fingerprint density at radius 3 is 1.64 bits per heavy atom. The fourth-order valence-electron chi connectivity index (χ4n) is 2.58. The third-order valence-corrected chi connectivity index (χ3v) is 3.96. The fraction of sp³-hybridized carbons (Fsp3) is 0.235. The number of epoxide rings is 1. The molecule has 1 heterocycles. The molecule has 1 fully saturated rings. The molecule has 2 aromatic rings. The first-order chi connectivity index (χ1) is 11.6. The van der Waals surface area contributed by atoms with E-state index in [2.05, 4.69) is 0 Å². The molecule has 1 saturated heterocycles. The lowest BCUT2D eigenvalue weighted by Gasteiger charge is -2.10. The van der Waals surface area contributed by atoms with Gasteiger partial charge in [-0.1, -0.05) is 24.3 Å². The second-order valence-electron chi connectivity index (χ2n) is 5.54. The SMILES string of the molecule is N#CC1(c2ccc(C(F)(F)F)cc2)OC1c1ccc(C(F)(F)F)cc1. The fourth-order valence-corrected chi connectivity index (χ4v) is 2.58. The van der Waals surface area contributed by atoms with Gasteiger partial charge in [0.2, 0.25) is 5.60 Å². The molecule has 2 unspecified atom stereocenters. The molecule has 25 heavy (non-hydrogen) atoms. The van der Waals surface area contributed by atoms with Crippen LogP contribution >= 0.6 is 0 Å². The Kier molecular flexibility index (Phi) is 3.80. The Balaban J connectivity index is 1.86. The van der Waals surface area contributed by atoms with E-state index in [1.807, 2.05) is 6.07 Å². The Morgan fingerprint density at radius 1 is 0.800 bits per heavy atom. The summed E-state index contributed by atoms with van der Waals surface area (Å²) < 4.78 is 80.9. The quantitative estimate of drug-likeness (QED) is 0.546. The number of rotatable bonds is 2. The van der Waals surface area contributed by atoms with E-state index in [0.29, 0.717) is 5.56 Å². The lowest BCUT2D eigenvalue weighted by molar-refractivity contribution is -0.138. The molecular weight excluding hydrogens is 348 g/mol. The molecule has 2 aromatic carbocycles. The number of ether oxygens (including phenoxy) is 1. The van der Waals surface area contributed by atoms with Crippen LogP contribution < -0.4 is 0 Å². The van der Waals surface area contributed by atoms with E-state index >= 15 is 0 Å². The average molecular weight is 357 g/mol. The van der Waals surface area contributed by atoms with Gasteiger partial charge in [-0.3, -0.25) is 0 Å². The number of alkyl halides is 6. The van der Waals surface area contributed by atoms with Crippen molar-refractivity contribution in [2.45, 2.75) is 24.1 Å². The van der Waals surface area contributed by atoms with Crippen molar-refractivity contribution in [3.63, 3.8) is 0 Å². The van der Waals surface area contributed by atoms with Gasteiger partial charge in [-0.05, 0) is 29.8 Å². The molecule has 1 aliphatic heterocycles. The molecule has 0 aliphatic carbocycles. The van der Waals surface area contributed by atoms with E-state index in [1.165, 1.54) is 12.1 Å². The highest BCUT2D eigenvalue weighted by atomic mass is 19.4. The third-order valence-electron chi connectivity index (χ3n) is 3.96. The highest BCUT2D eigenvalue weighted by Gasteiger charge is 2.59. The van der Waals surface area contributed by atoms with Gasteiger partial charge in [-0.15, -0.1) is 0 Å². The molecule has 0 spiro atoms. The number of benzene rings is 2. The largest absolute Gasteiger partial charge is 0.416 e. The molecular formula is C17H9F6NO. The molecule has 0 bridgehead atoms. The molecule has 2 atom stereocenters. The molecule has 0 N–H and O–H groups in total. The van der Waals surface area contributed by atoms with Crippen LogP contribution in [0.3, 0.4) is 0 Å². The average Bonchev–Trinajstić information content (AvgIpc) is 3.30. The lowest BCUT2D eigenvalue weighted by Crippen LogP contribution is -2.10. The Labute approximate surface area is 138 Å². The van der Waals surface area contributed by atoms with Gasteiger partial charge >= 0.3 is 12.4 Å². The summed E-state index contributed by atoms with van der Waals surface area (Å²) >= 11 is 0. The predicted octanol–water partition coefficient (Wildman–Crippen LogP) is 5.21. The first-order valence-corrected chi connectivity index (χ1v) is 7.02. The smallest absolute Gasteiger partial charge is 0.340 e. The predicted molar refractivity (Wildman–Crippen MR) is 74.0 cm³/mol. The highest BCUT2D eigenvalue weighted by Crippen LogP contribution is 2.56. The van der Waals surface area contributed by atoms with Crippen LogP contribution in [-0.2, 0) is 22.7 Å². The van der Waals surface area contributed by atoms with Gasteiger partial charge in [0, 0.05) is 5.56 Å². The van der Waals surface area contributed by atoms with Gasteiger partial charge in [0.1, 0.15) is 12.2 Å². The van der Waals surface area contributed by atoms with Crippen molar-refractivity contribution >= 4 is 0 Å². The van der Waals surface area contributed by atoms with Crippen LogP contribution in [-0.4, -0.2) is 0 Å². The lowest BCUT2D eigenvalue weighted by atomic mass is 9.92. The monoisotopic (exact) mass is 357 g/mol. The van der Waals surface area contributed by atoms with Crippen LogP contribution in [0.4, 0.5) is 26.3 Å². The zero-order chi connectivity index (χ0) is 18.5. The van der Waals surface area contributed by atoms with Crippen molar-refractivity contribution in [2.75, 3.05) is 0 Å². The van der Waals surface area contributed by atoms with E-state index in [4.69, 9.17) is 4.74 Å². The molecule has 1 aliphatic rings. The molecule has 0 amide bonds. The number of hydrogen-bond donors (Lipinski definition) is 0. The van der Waals surface area contributed by atoms with Gasteiger partial charge in [0.05, 0.1) is 11.1 Å². The number of nitriles is 1. The van der Waals surface area contributed by atoms with Crippen LogP contribution in [0.15, 0.2) is 48.5 Å². The van der Waals surface area contributed by atoms with Gasteiger partial charge in [-0.2, -0.15) is 31.6 Å². The van der Waals surface area contributed by atoms with Crippen molar-refractivity contribution in [1.82, 2.24) is 0 Å². The second-order valence-corrected chi connectivity index (χ2v) is 5.54. The topological polar surface area (TPSA) is 36.3 Å². The van der Waals surface area contributed by atoms with E-state index in [9.17, 15) is 31.6 Å². The summed E-state index contributed by atoms with van der Waals surface area (Å²) in [7, 11) is 0. The third kappa shape index (κ3) is 3.07. The summed E-state index contributed by atoms with van der Waals surface area (Å²) in [5, 5.41) is 9.38. The minimum atomic E-state index is -4.50. The van der Waals surface area contributed by atoms with Crippen molar-refractivity contribution in [3.8, 4) is 6.07 Å². The summed E-state index contributed by atoms with van der Waals surface area (Å²) in [5.74, 6) is 0. The maximum atomic E-state index is 12.6. The molecule has 130 valence electrons. The minimum Gasteiger partial charge on any atom is -0.340 e. The van der Waals surface area contributed by atoms with Crippen LogP contribution in [0, 0.1) is 11.3 Å². The Hall–Kier alpha value is -2.53. The first-order valence-electron chi connectivity index (χ1n) is 7.02. The molecule has 0 aromatic heterocycles. The van der Waals surface area contributed by atoms with Crippen molar-refractivity contribution < 1.29 is 31.1 Å². The van der Waals surface area contributed by atoms with Crippen LogP contribution in [0.1, 0.15) is 28.4 Å². The van der Waals surface area contributed by atoms with Crippen molar-refractivity contribution in [2.24, 2.45) is 0 Å². The Bertz CT molecular complexity index is 817. The van der Waals surface area contributed by atoms with Gasteiger partial charge in [0.25, 0.3) is 0 Å². The summed E-state index contributed by atoms with van der Waals surface area (Å²) in [6, 6.07) is 9.95. The van der Waals surface area contributed by atoms with Gasteiger partial charge in [-0.25, -0.2) is 0 Å². The van der Waals surface area contributed by atoms with Crippen LogP contribution in [0.25, 0.3) is 0 Å². The number of nitrogens with zero attached hydrogens (tertiary/aromatic N) is 1. The van der Waals surface area contributed by atoms with Crippen LogP contribution in [0.2, 0.25) is 0 Å². The molecule has 8 heteroatoms. The highest BCUT2D eigenvalue weighted by molar-refractivity contribution is 5.43. The maximum Gasteiger partial charge on any atom is 0.416 e. The summed E-state index contributed by atoms with van der Waals surface area (Å²) in [6.45, 7) is 0. The van der Waals surface area contributed by atoms with E-state index < -0.39 is 35.2 Å². The van der Waals surface area contributed by atoms with Gasteiger partial charge < -0.3 is 4.74 Å². The minimum absolute atomic E-state index is 0.216. The molecule has 2 nitrogen and oxygen atoms in total. The Morgan fingerprint density at radius 2 is 1.24 bits per heavy atom. The van der Waals surface area contributed by atoms with Crippen LogP contribution in [0.5, 0.6) is 0 Å². The number of halogens is 6. The normalized spacial score (nSPS) is 23.2. The first kappa shape index (κ1) is 17.3. The molecule has 0 radical (unpaired) electrons. The molecule has 3 rings (SSSR count). The van der Waals surface area contributed by atoms with Gasteiger partial charge in [0.15, 0.2) is 0 Å². The van der Waals surface area contributed by atoms with E-state index in [1.54, 1.807) is 0 Å². The zero-order valence-electron chi connectivity index (χ0n) is 12.3.